The van der Waals surface area contributed by atoms with E-state index in [2.05, 4.69) is 0 Å². The summed E-state index contributed by atoms with van der Waals surface area (Å²) in [7, 11) is 0. The van der Waals surface area contributed by atoms with Crippen LogP contribution in [0.3, 0.4) is 0 Å². The fourth-order valence-corrected chi connectivity index (χ4v) is 2.60. The van der Waals surface area contributed by atoms with Gasteiger partial charge in [0.25, 0.3) is 5.69 Å². The molecule has 0 aliphatic carbocycles. The average molecular weight is 325 g/mol. The monoisotopic (exact) mass is 325 g/mol. The summed E-state index contributed by atoms with van der Waals surface area (Å²) in [6.07, 6.45) is 0. The van der Waals surface area contributed by atoms with Crippen LogP contribution in [0.2, 0.25) is 0 Å². The predicted octanol–water partition coefficient (Wildman–Crippen LogP) is 3.14. The van der Waals surface area contributed by atoms with Gasteiger partial charge in [0.05, 0.1) is 10.3 Å². The molecular weight excluding hydrogens is 314 g/mol. The first-order chi connectivity index (χ1) is 11.6. The summed E-state index contributed by atoms with van der Waals surface area (Å²) in [4.78, 5) is 22.6. The van der Waals surface area contributed by atoms with E-state index in [4.69, 9.17) is 13.9 Å². The van der Waals surface area contributed by atoms with Crippen LogP contribution >= 0.6 is 0 Å². The molecule has 0 bridgehead atoms. The fraction of sp³-hybridized carbons (Fsp3) is 0.118. The first-order valence-corrected chi connectivity index (χ1v) is 7.24. The summed E-state index contributed by atoms with van der Waals surface area (Å²) in [5.41, 5.74) is 0.460. The van der Waals surface area contributed by atoms with Crippen molar-refractivity contribution < 1.29 is 18.8 Å². The van der Waals surface area contributed by atoms with E-state index in [0.717, 1.165) is 0 Å². The minimum atomic E-state index is -0.548. The number of benzene rings is 2. The Hall–Kier alpha value is -3.35. The van der Waals surface area contributed by atoms with E-state index < -0.39 is 4.92 Å². The predicted molar refractivity (Wildman–Crippen MR) is 85.6 cm³/mol. The summed E-state index contributed by atoms with van der Waals surface area (Å²) in [5.74, 6) is 1.59. The van der Waals surface area contributed by atoms with Gasteiger partial charge in [-0.3, -0.25) is 14.9 Å². The fourth-order valence-electron chi connectivity index (χ4n) is 2.60. The highest BCUT2D eigenvalue weighted by atomic mass is 16.6. The van der Waals surface area contributed by atoms with Crippen LogP contribution in [-0.4, -0.2) is 18.1 Å². The zero-order valence-corrected chi connectivity index (χ0v) is 12.4. The molecule has 0 saturated heterocycles. The molecule has 0 saturated carbocycles. The van der Waals surface area contributed by atoms with Crippen LogP contribution in [0.4, 0.5) is 5.69 Å². The SMILES string of the molecule is O=c1cc(-c2ccc3c(c2)OCCO3)oc2ccc([N+](=O)[O-])cc12. The summed E-state index contributed by atoms with van der Waals surface area (Å²) in [5, 5.41) is 11.0. The third-order valence-electron chi connectivity index (χ3n) is 3.75. The van der Waals surface area contributed by atoms with Gasteiger partial charge in [0.2, 0.25) is 0 Å². The van der Waals surface area contributed by atoms with Gasteiger partial charge in [0, 0.05) is 23.8 Å². The Kier molecular flexibility index (Phi) is 3.19. The molecule has 0 radical (unpaired) electrons. The first kappa shape index (κ1) is 14.3. The second-order valence-electron chi connectivity index (χ2n) is 5.27. The van der Waals surface area contributed by atoms with Crippen molar-refractivity contribution >= 4 is 16.7 Å². The van der Waals surface area contributed by atoms with E-state index >= 15 is 0 Å². The van der Waals surface area contributed by atoms with Gasteiger partial charge in [-0.25, -0.2) is 0 Å². The topological polar surface area (TPSA) is 91.8 Å². The van der Waals surface area contributed by atoms with Crippen molar-refractivity contribution in [1.29, 1.82) is 0 Å². The second-order valence-corrected chi connectivity index (χ2v) is 5.27. The van der Waals surface area contributed by atoms with Gasteiger partial charge in [-0.05, 0) is 24.3 Å². The van der Waals surface area contributed by atoms with Gasteiger partial charge in [0.1, 0.15) is 24.6 Å². The lowest BCUT2D eigenvalue weighted by molar-refractivity contribution is -0.384. The molecule has 2 heterocycles. The minimum absolute atomic E-state index is 0.151. The van der Waals surface area contributed by atoms with Crippen molar-refractivity contribution in [2.24, 2.45) is 0 Å². The number of nitro benzene ring substituents is 1. The molecule has 120 valence electrons. The second kappa shape index (κ2) is 5.38. The van der Waals surface area contributed by atoms with Crippen molar-refractivity contribution in [3.05, 3.63) is 62.8 Å². The molecule has 1 aliphatic rings. The highest BCUT2D eigenvalue weighted by Gasteiger charge is 2.15. The Balaban J connectivity index is 1.84. The van der Waals surface area contributed by atoms with E-state index in [1.165, 1.54) is 24.3 Å². The molecule has 4 rings (SSSR count). The lowest BCUT2D eigenvalue weighted by atomic mass is 10.1. The normalized spacial score (nSPS) is 13.0. The van der Waals surface area contributed by atoms with Crippen LogP contribution in [0.15, 0.2) is 51.7 Å². The summed E-state index contributed by atoms with van der Waals surface area (Å²) in [6, 6.07) is 10.5. The number of ether oxygens (including phenoxy) is 2. The average Bonchev–Trinajstić information content (AvgIpc) is 2.61. The summed E-state index contributed by atoms with van der Waals surface area (Å²) < 4.78 is 16.7. The zero-order valence-electron chi connectivity index (χ0n) is 12.4. The van der Waals surface area contributed by atoms with Crippen molar-refractivity contribution in [2.45, 2.75) is 0 Å². The number of hydrogen-bond donors (Lipinski definition) is 0. The largest absolute Gasteiger partial charge is 0.486 e. The molecule has 1 aliphatic heterocycles. The Morgan fingerprint density at radius 3 is 2.54 bits per heavy atom. The number of nitrogens with zero attached hydrogens (tertiary/aromatic N) is 1. The van der Waals surface area contributed by atoms with Crippen LogP contribution in [0, 0.1) is 10.1 Å². The van der Waals surface area contributed by atoms with Crippen molar-refractivity contribution in [3.63, 3.8) is 0 Å². The van der Waals surface area contributed by atoms with E-state index in [1.54, 1.807) is 18.2 Å². The van der Waals surface area contributed by atoms with Crippen molar-refractivity contribution in [3.8, 4) is 22.8 Å². The molecule has 7 heteroatoms. The molecule has 1 aromatic heterocycles. The molecule has 0 fully saturated rings. The molecule has 7 nitrogen and oxygen atoms in total. The molecular formula is C17H11NO6. The summed E-state index contributed by atoms with van der Waals surface area (Å²) >= 11 is 0. The minimum Gasteiger partial charge on any atom is -0.486 e. The maximum atomic E-state index is 12.3. The van der Waals surface area contributed by atoms with Crippen LogP contribution in [0.25, 0.3) is 22.3 Å². The summed E-state index contributed by atoms with van der Waals surface area (Å²) in [6.45, 7) is 0.956. The zero-order chi connectivity index (χ0) is 16.7. The number of rotatable bonds is 2. The quantitative estimate of drug-likeness (QED) is 0.531. The van der Waals surface area contributed by atoms with Crippen LogP contribution < -0.4 is 14.9 Å². The highest BCUT2D eigenvalue weighted by Crippen LogP contribution is 2.35. The first-order valence-electron chi connectivity index (χ1n) is 7.24. The van der Waals surface area contributed by atoms with Crippen molar-refractivity contribution in [2.75, 3.05) is 13.2 Å². The van der Waals surface area contributed by atoms with E-state index in [0.29, 0.717) is 36.0 Å². The molecule has 0 amide bonds. The Morgan fingerprint density at radius 2 is 1.75 bits per heavy atom. The Labute approximate surface area is 135 Å². The van der Waals surface area contributed by atoms with Gasteiger partial charge in [-0.1, -0.05) is 0 Å². The number of nitro groups is 1. The third kappa shape index (κ3) is 2.36. The number of non-ortho nitro benzene ring substituents is 1. The van der Waals surface area contributed by atoms with E-state index in [-0.39, 0.29) is 22.1 Å². The van der Waals surface area contributed by atoms with Crippen LogP contribution in [0.1, 0.15) is 0 Å². The van der Waals surface area contributed by atoms with Gasteiger partial charge >= 0.3 is 0 Å². The lowest BCUT2D eigenvalue weighted by Crippen LogP contribution is -2.15. The smallest absolute Gasteiger partial charge is 0.270 e. The van der Waals surface area contributed by atoms with Crippen molar-refractivity contribution in [1.82, 2.24) is 0 Å². The van der Waals surface area contributed by atoms with Gasteiger partial charge in [0.15, 0.2) is 16.9 Å². The van der Waals surface area contributed by atoms with Gasteiger partial charge < -0.3 is 13.9 Å². The maximum Gasteiger partial charge on any atom is 0.270 e. The third-order valence-corrected chi connectivity index (χ3v) is 3.75. The van der Waals surface area contributed by atoms with Crippen LogP contribution in [-0.2, 0) is 0 Å². The highest BCUT2D eigenvalue weighted by molar-refractivity contribution is 5.81. The Bertz CT molecular complexity index is 1020. The standard InChI is InChI=1S/C17H11NO6/c19-13-9-16(10-1-3-15-17(7-10)23-6-5-22-15)24-14-4-2-11(18(20)21)8-12(13)14/h1-4,7-9H,5-6H2. The lowest BCUT2D eigenvalue weighted by Gasteiger charge is -2.18. The van der Waals surface area contributed by atoms with E-state index in [1.807, 2.05) is 0 Å². The maximum absolute atomic E-state index is 12.3. The van der Waals surface area contributed by atoms with Gasteiger partial charge in [-0.15, -0.1) is 0 Å². The molecule has 0 N–H and O–H groups in total. The number of fused-ring (bicyclic) bond motifs is 2. The van der Waals surface area contributed by atoms with E-state index in [9.17, 15) is 14.9 Å². The molecule has 0 atom stereocenters. The molecule has 3 aromatic rings. The van der Waals surface area contributed by atoms with Gasteiger partial charge in [-0.2, -0.15) is 0 Å². The Morgan fingerprint density at radius 1 is 0.958 bits per heavy atom. The molecule has 2 aromatic carbocycles. The molecule has 0 unspecified atom stereocenters. The molecule has 24 heavy (non-hydrogen) atoms. The van der Waals surface area contributed by atoms with Crippen LogP contribution in [0.5, 0.6) is 11.5 Å². The molecule has 0 spiro atoms. The number of hydrogen-bond acceptors (Lipinski definition) is 6.